The Morgan fingerprint density at radius 2 is 2.07 bits per heavy atom. The first-order valence-corrected chi connectivity index (χ1v) is 9.99. The van der Waals surface area contributed by atoms with E-state index in [9.17, 15) is 18.4 Å². The van der Waals surface area contributed by atoms with Crippen LogP contribution in [0.1, 0.15) is 26.7 Å². The first-order valence-electron chi connectivity index (χ1n) is 9.99. The third kappa shape index (κ3) is 3.78. The van der Waals surface area contributed by atoms with E-state index in [2.05, 4.69) is 10.5 Å². The molecular weight excluding hydrogens is 398 g/mol. The van der Waals surface area contributed by atoms with Gasteiger partial charge in [0.25, 0.3) is 0 Å². The lowest BCUT2D eigenvalue weighted by molar-refractivity contribution is -0.119. The van der Waals surface area contributed by atoms with Crippen molar-refractivity contribution in [2.24, 2.45) is 10.6 Å². The monoisotopic (exact) mass is 422 g/mol. The van der Waals surface area contributed by atoms with Crippen LogP contribution in [-0.4, -0.2) is 56.6 Å². The Hall–Kier alpha value is -2.91. The van der Waals surface area contributed by atoms with Gasteiger partial charge < -0.3 is 19.8 Å². The molecule has 3 aliphatic rings. The van der Waals surface area contributed by atoms with E-state index in [1.54, 1.807) is 4.90 Å². The molecule has 1 saturated carbocycles. The molecule has 1 spiro atoms. The van der Waals surface area contributed by atoms with Crippen LogP contribution >= 0.6 is 0 Å². The fraction of sp³-hybridized carbons (Fsp3) is 0.550. The van der Waals surface area contributed by atoms with Crippen LogP contribution in [0.15, 0.2) is 17.3 Å². The fourth-order valence-electron chi connectivity index (χ4n) is 3.99. The van der Waals surface area contributed by atoms with Crippen molar-refractivity contribution in [3.63, 3.8) is 0 Å². The van der Waals surface area contributed by atoms with Crippen molar-refractivity contribution in [2.45, 2.75) is 32.8 Å². The summed E-state index contributed by atoms with van der Waals surface area (Å²) in [6, 6.07) is 2.27. The molecule has 2 amide bonds. The number of nitrogens with one attached hydrogen (secondary N) is 1. The summed E-state index contributed by atoms with van der Waals surface area (Å²) in [7, 11) is 0. The molecule has 1 unspecified atom stereocenters. The van der Waals surface area contributed by atoms with Crippen LogP contribution in [0.4, 0.5) is 25.0 Å². The minimum Gasteiger partial charge on any atom is -0.442 e. The molecule has 1 aliphatic carbocycles. The second-order valence-corrected chi connectivity index (χ2v) is 7.90. The van der Waals surface area contributed by atoms with Gasteiger partial charge in [0, 0.05) is 31.0 Å². The topological polar surface area (TPSA) is 83.5 Å². The molecule has 162 valence electrons. The molecule has 0 aromatic heterocycles. The Balaban J connectivity index is 1.52. The molecule has 4 rings (SSSR count). The van der Waals surface area contributed by atoms with Crippen LogP contribution in [0.3, 0.4) is 0 Å². The van der Waals surface area contributed by atoms with Crippen molar-refractivity contribution in [3.8, 4) is 0 Å². The number of oxime groups is 1. The molecule has 0 radical (unpaired) electrons. The van der Waals surface area contributed by atoms with Crippen molar-refractivity contribution >= 4 is 29.1 Å². The number of nitrogens with zero attached hydrogens (tertiary/aromatic N) is 3. The molecule has 1 aromatic carbocycles. The van der Waals surface area contributed by atoms with E-state index in [1.807, 2.05) is 6.92 Å². The Morgan fingerprint density at radius 3 is 2.67 bits per heavy atom. The first kappa shape index (κ1) is 20.4. The number of anilines is 2. The van der Waals surface area contributed by atoms with E-state index >= 15 is 0 Å². The number of amides is 2. The van der Waals surface area contributed by atoms with Crippen LogP contribution in [-0.2, 0) is 14.4 Å². The zero-order valence-electron chi connectivity index (χ0n) is 16.9. The molecule has 10 heteroatoms. The quantitative estimate of drug-likeness (QED) is 0.712. The van der Waals surface area contributed by atoms with E-state index < -0.39 is 23.8 Å². The van der Waals surface area contributed by atoms with Crippen LogP contribution < -0.4 is 15.1 Å². The lowest BCUT2D eigenvalue weighted by Gasteiger charge is -2.21. The Kier molecular flexibility index (Phi) is 5.25. The summed E-state index contributed by atoms with van der Waals surface area (Å²) < 4.78 is 35.1. The van der Waals surface area contributed by atoms with Crippen LogP contribution in [0, 0.1) is 17.0 Å². The largest absolute Gasteiger partial charge is 0.442 e. The van der Waals surface area contributed by atoms with E-state index in [0.29, 0.717) is 19.7 Å². The van der Waals surface area contributed by atoms with Gasteiger partial charge >= 0.3 is 6.09 Å². The van der Waals surface area contributed by atoms with Gasteiger partial charge in [-0.2, -0.15) is 0 Å². The minimum atomic E-state index is -0.753. The number of hydrogen-bond donors (Lipinski definition) is 1. The molecular formula is C20H24F2N4O4. The van der Waals surface area contributed by atoms with Gasteiger partial charge in [-0.25, -0.2) is 13.6 Å². The molecule has 8 nitrogen and oxygen atoms in total. The highest BCUT2D eigenvalue weighted by atomic mass is 19.1. The van der Waals surface area contributed by atoms with E-state index in [0.717, 1.165) is 35.6 Å². The normalized spacial score (nSPS) is 23.3. The lowest BCUT2D eigenvalue weighted by atomic mass is 10.1. The highest BCUT2D eigenvalue weighted by molar-refractivity contribution is 5.99. The maximum Gasteiger partial charge on any atom is 0.414 e. The number of rotatable bonds is 6. The van der Waals surface area contributed by atoms with Crippen molar-refractivity contribution in [3.05, 3.63) is 23.8 Å². The molecule has 3 fully saturated rings. The van der Waals surface area contributed by atoms with Crippen molar-refractivity contribution in [2.75, 3.05) is 42.6 Å². The summed E-state index contributed by atoms with van der Waals surface area (Å²) in [6.45, 7) is 4.64. The average molecular weight is 422 g/mol. The fourth-order valence-corrected chi connectivity index (χ4v) is 3.99. The predicted molar refractivity (Wildman–Crippen MR) is 106 cm³/mol. The third-order valence-electron chi connectivity index (χ3n) is 5.69. The first-order chi connectivity index (χ1) is 14.3. The van der Waals surface area contributed by atoms with Gasteiger partial charge in [-0.15, -0.1) is 0 Å². The van der Waals surface area contributed by atoms with Crippen LogP contribution in [0.5, 0.6) is 0 Å². The van der Waals surface area contributed by atoms with Crippen molar-refractivity contribution < 1.29 is 27.9 Å². The standard InChI is InChI=1S/C20H24F2N4O4/c1-3-29-24-17-10-25(11-20(17)4-5-20)18-15(21)6-13(7-16(18)22)26-9-14(30-19(26)28)8-23-12(2)27/h6-7,14H,3-5,8-11H2,1-2H3,(H,23,27). The summed E-state index contributed by atoms with van der Waals surface area (Å²) in [5.74, 6) is -1.76. The average Bonchev–Trinajstić information content (AvgIpc) is 3.22. The molecule has 1 N–H and O–H groups in total. The number of carbonyl (C=O) groups excluding carboxylic acids is 2. The zero-order valence-corrected chi connectivity index (χ0v) is 16.9. The molecule has 0 bridgehead atoms. The maximum absolute atomic E-state index is 15.0. The Morgan fingerprint density at radius 1 is 1.37 bits per heavy atom. The Labute approximate surface area is 172 Å². The zero-order chi connectivity index (χ0) is 21.5. The van der Waals surface area contributed by atoms with Crippen LogP contribution in [0.25, 0.3) is 0 Å². The molecule has 1 aromatic rings. The lowest BCUT2D eigenvalue weighted by Crippen LogP contribution is -2.33. The van der Waals surface area contributed by atoms with E-state index in [-0.39, 0.29) is 35.8 Å². The van der Waals surface area contributed by atoms with Crippen molar-refractivity contribution in [1.82, 2.24) is 5.32 Å². The highest BCUT2D eigenvalue weighted by Gasteiger charge is 2.54. The number of hydrogen-bond acceptors (Lipinski definition) is 6. The molecule has 2 aliphatic heterocycles. The number of benzene rings is 1. The van der Waals surface area contributed by atoms with Gasteiger partial charge in [-0.05, 0) is 19.8 Å². The summed E-state index contributed by atoms with van der Waals surface area (Å²) >= 11 is 0. The van der Waals surface area contributed by atoms with Gasteiger partial charge in [0.1, 0.15) is 18.4 Å². The van der Waals surface area contributed by atoms with Crippen molar-refractivity contribution in [1.29, 1.82) is 0 Å². The molecule has 30 heavy (non-hydrogen) atoms. The number of ether oxygens (including phenoxy) is 1. The second kappa shape index (κ2) is 7.73. The van der Waals surface area contributed by atoms with Gasteiger partial charge in [-0.3, -0.25) is 9.69 Å². The summed E-state index contributed by atoms with van der Waals surface area (Å²) in [5, 5.41) is 6.71. The summed E-state index contributed by atoms with van der Waals surface area (Å²) in [4.78, 5) is 31.1. The molecule has 2 heterocycles. The smallest absolute Gasteiger partial charge is 0.414 e. The summed E-state index contributed by atoms with van der Waals surface area (Å²) in [6.07, 6.45) is 0.553. The highest BCUT2D eigenvalue weighted by Crippen LogP contribution is 2.52. The van der Waals surface area contributed by atoms with Gasteiger partial charge in [0.05, 0.1) is 31.0 Å². The predicted octanol–water partition coefficient (Wildman–Crippen LogP) is 2.42. The Bertz CT molecular complexity index is 880. The number of halogens is 2. The molecule has 2 saturated heterocycles. The van der Waals surface area contributed by atoms with Gasteiger partial charge in [-0.1, -0.05) is 5.16 Å². The number of carbonyl (C=O) groups is 2. The van der Waals surface area contributed by atoms with E-state index in [4.69, 9.17) is 9.57 Å². The minimum absolute atomic E-state index is 0.0765. The van der Waals surface area contributed by atoms with Gasteiger partial charge in [0.15, 0.2) is 11.6 Å². The SMILES string of the molecule is CCON=C1CN(c2c(F)cc(N3CC(CNC(C)=O)OC3=O)cc2F)CC12CC2. The number of cyclic esters (lactones) is 1. The summed E-state index contributed by atoms with van der Waals surface area (Å²) in [5.41, 5.74) is 0.612. The second-order valence-electron chi connectivity index (χ2n) is 7.90. The molecule has 1 atom stereocenters. The third-order valence-corrected chi connectivity index (χ3v) is 5.69. The van der Waals surface area contributed by atoms with E-state index in [1.165, 1.54) is 6.92 Å². The maximum atomic E-state index is 15.0. The van der Waals surface area contributed by atoms with Crippen LogP contribution in [0.2, 0.25) is 0 Å². The van der Waals surface area contributed by atoms with Gasteiger partial charge in [0.2, 0.25) is 5.91 Å².